The number of aromatic nitrogens is 1. The summed E-state index contributed by atoms with van der Waals surface area (Å²) in [6.07, 6.45) is 1.17. The third kappa shape index (κ3) is 2.73. The van der Waals surface area contributed by atoms with E-state index in [0.29, 0.717) is 21.6 Å². The molecule has 8 nitrogen and oxygen atoms in total. The first-order chi connectivity index (χ1) is 14.5. The quantitative estimate of drug-likeness (QED) is 0.587. The number of carbonyl (C=O) groups excluding carboxylic acids is 3. The van der Waals surface area contributed by atoms with Gasteiger partial charge in [0.15, 0.2) is 0 Å². The third-order valence-corrected chi connectivity index (χ3v) is 6.69. The molecule has 4 atom stereocenters. The predicted molar refractivity (Wildman–Crippen MR) is 105 cm³/mol. The largest absolute Gasteiger partial charge is 0.417 e. The zero-order valence-electron chi connectivity index (χ0n) is 15.7. The molecule has 152 valence electrons. The Morgan fingerprint density at radius 3 is 2.80 bits per heavy atom. The van der Waals surface area contributed by atoms with Gasteiger partial charge in [-0.25, -0.2) is 9.59 Å². The Morgan fingerprint density at radius 2 is 2.07 bits per heavy atom. The molecule has 4 heterocycles. The van der Waals surface area contributed by atoms with Gasteiger partial charge in [0.05, 0.1) is 17.6 Å². The number of carbonyl (C=O) groups is 3. The van der Waals surface area contributed by atoms with Crippen molar-refractivity contribution in [1.29, 1.82) is 0 Å². The lowest BCUT2D eigenvalue weighted by molar-refractivity contribution is -0.170. The summed E-state index contributed by atoms with van der Waals surface area (Å²) in [5.74, 6) is -2.32. The molecule has 0 saturated carbocycles. The number of amides is 1. The highest BCUT2D eigenvalue weighted by molar-refractivity contribution is 8.09. The fourth-order valence-electron chi connectivity index (χ4n) is 3.83. The Kier molecular flexibility index (Phi) is 4.37. The van der Waals surface area contributed by atoms with Gasteiger partial charge in [0, 0.05) is 28.4 Å². The first kappa shape index (κ1) is 18.8. The molecule has 1 unspecified atom stereocenters. The topological polar surface area (TPSA) is 106 Å². The van der Waals surface area contributed by atoms with Crippen LogP contribution in [0.5, 0.6) is 0 Å². The molecule has 1 aromatic heterocycles. The summed E-state index contributed by atoms with van der Waals surface area (Å²) in [4.78, 5) is 43.8. The summed E-state index contributed by atoms with van der Waals surface area (Å²) in [5.41, 5.74) is 1.52. The van der Waals surface area contributed by atoms with Crippen LogP contribution in [0.4, 0.5) is 0 Å². The van der Waals surface area contributed by atoms with Crippen molar-refractivity contribution in [1.82, 2.24) is 9.88 Å². The Morgan fingerprint density at radius 1 is 1.27 bits per heavy atom. The molecular formula is C21H16N2O6S. The SMILES string of the molecule is C[C@@H](O)[C@H]1C(=O)N2C(C(=O)OC3OC(=O)c4ccccc43)=C(c3cccnc3)S[C@H]12. The fourth-order valence-corrected chi connectivity index (χ4v) is 5.42. The molecule has 1 aromatic carbocycles. The zero-order chi connectivity index (χ0) is 21.0. The van der Waals surface area contributed by atoms with Crippen LogP contribution in [-0.2, 0) is 19.1 Å². The van der Waals surface area contributed by atoms with Crippen LogP contribution in [0.1, 0.15) is 34.7 Å². The lowest BCUT2D eigenvalue weighted by Gasteiger charge is -2.43. The maximum Gasteiger partial charge on any atom is 0.359 e. The normalized spacial score (nSPS) is 25.4. The summed E-state index contributed by atoms with van der Waals surface area (Å²) >= 11 is 1.31. The van der Waals surface area contributed by atoms with Crippen LogP contribution >= 0.6 is 11.8 Å². The molecular weight excluding hydrogens is 408 g/mol. The standard InChI is InChI=1S/C21H16N2O6S/c1-10(24)14-17(25)23-15(16(30-18(14)23)11-5-4-8-22-9-11)20(27)29-21-13-7-3-2-6-12(13)19(26)28-21/h2-10,14,18,21,24H,1H3/t10-,14+,18-,21?/m1/s1. The summed E-state index contributed by atoms with van der Waals surface area (Å²) < 4.78 is 10.7. The van der Waals surface area contributed by atoms with Crippen molar-refractivity contribution in [3.05, 3.63) is 71.2 Å². The number of ether oxygens (including phenoxy) is 2. The molecule has 0 aliphatic carbocycles. The molecule has 1 N–H and O–H groups in total. The number of esters is 2. The molecule has 1 saturated heterocycles. The van der Waals surface area contributed by atoms with E-state index in [1.165, 1.54) is 16.7 Å². The average molecular weight is 424 g/mol. The van der Waals surface area contributed by atoms with Gasteiger partial charge in [-0.15, -0.1) is 0 Å². The third-order valence-electron chi connectivity index (χ3n) is 5.28. The Balaban J connectivity index is 1.49. The van der Waals surface area contributed by atoms with Crippen LogP contribution < -0.4 is 0 Å². The maximum absolute atomic E-state index is 13.2. The number of cyclic esters (lactones) is 1. The van der Waals surface area contributed by atoms with E-state index in [1.807, 2.05) is 0 Å². The molecule has 0 bridgehead atoms. The van der Waals surface area contributed by atoms with E-state index in [2.05, 4.69) is 4.98 Å². The Hall–Kier alpha value is -3.17. The maximum atomic E-state index is 13.2. The molecule has 30 heavy (non-hydrogen) atoms. The first-order valence-corrected chi connectivity index (χ1v) is 10.2. The van der Waals surface area contributed by atoms with Gasteiger partial charge in [-0.05, 0) is 19.1 Å². The second-order valence-corrected chi connectivity index (χ2v) is 8.26. The van der Waals surface area contributed by atoms with Crippen molar-refractivity contribution in [2.75, 3.05) is 0 Å². The molecule has 0 spiro atoms. The number of nitrogens with zero attached hydrogens (tertiary/aromatic N) is 2. The van der Waals surface area contributed by atoms with Crippen LogP contribution in [0.3, 0.4) is 0 Å². The molecule has 9 heteroatoms. The van der Waals surface area contributed by atoms with Gasteiger partial charge in [0.1, 0.15) is 11.1 Å². The van der Waals surface area contributed by atoms with E-state index in [0.717, 1.165) is 0 Å². The van der Waals surface area contributed by atoms with Gasteiger partial charge in [0.2, 0.25) is 5.91 Å². The van der Waals surface area contributed by atoms with Crippen LogP contribution in [0.15, 0.2) is 54.5 Å². The number of thioether (sulfide) groups is 1. The number of hydrogen-bond donors (Lipinski definition) is 1. The number of benzene rings is 1. The molecule has 1 amide bonds. The number of aliphatic hydroxyl groups excluding tert-OH is 1. The van der Waals surface area contributed by atoms with Gasteiger partial charge >= 0.3 is 11.9 Å². The van der Waals surface area contributed by atoms with Gasteiger partial charge < -0.3 is 14.6 Å². The minimum absolute atomic E-state index is 0.0698. The zero-order valence-corrected chi connectivity index (χ0v) is 16.5. The number of fused-ring (bicyclic) bond motifs is 2. The Labute approximate surface area is 175 Å². The smallest absolute Gasteiger partial charge is 0.359 e. The predicted octanol–water partition coefficient (Wildman–Crippen LogP) is 2.07. The first-order valence-electron chi connectivity index (χ1n) is 9.30. The second-order valence-electron chi connectivity index (χ2n) is 7.13. The van der Waals surface area contributed by atoms with Crippen LogP contribution in [0.25, 0.3) is 4.91 Å². The van der Waals surface area contributed by atoms with Crippen molar-refractivity contribution < 1.29 is 29.0 Å². The van der Waals surface area contributed by atoms with Crippen molar-refractivity contribution >= 4 is 34.5 Å². The monoisotopic (exact) mass is 424 g/mol. The molecule has 3 aliphatic heterocycles. The van der Waals surface area contributed by atoms with Crippen molar-refractivity contribution in [3.63, 3.8) is 0 Å². The summed E-state index contributed by atoms with van der Waals surface area (Å²) in [6.45, 7) is 1.55. The lowest BCUT2D eigenvalue weighted by Crippen LogP contribution is -2.60. The molecule has 3 aliphatic rings. The molecule has 2 aromatic rings. The van der Waals surface area contributed by atoms with Gasteiger partial charge in [-0.1, -0.05) is 36.0 Å². The number of β-lactam (4-membered cyclic amide) rings is 1. The number of pyridine rings is 1. The highest BCUT2D eigenvalue weighted by Crippen LogP contribution is 2.54. The number of aliphatic hydroxyl groups is 1. The summed E-state index contributed by atoms with van der Waals surface area (Å²) in [6, 6.07) is 10.2. The van der Waals surface area contributed by atoms with E-state index in [9.17, 15) is 19.5 Å². The van der Waals surface area contributed by atoms with Gasteiger partial charge in [-0.2, -0.15) is 0 Å². The van der Waals surface area contributed by atoms with E-state index in [1.54, 1.807) is 55.7 Å². The van der Waals surface area contributed by atoms with E-state index in [4.69, 9.17) is 9.47 Å². The van der Waals surface area contributed by atoms with Crippen LogP contribution in [0, 0.1) is 5.92 Å². The average Bonchev–Trinajstić information content (AvgIpc) is 3.24. The fraction of sp³-hybridized carbons (Fsp3) is 0.238. The highest BCUT2D eigenvalue weighted by atomic mass is 32.2. The van der Waals surface area contributed by atoms with Crippen LogP contribution in [0.2, 0.25) is 0 Å². The minimum atomic E-state index is -1.18. The lowest BCUT2D eigenvalue weighted by atomic mass is 9.92. The number of rotatable bonds is 4. The summed E-state index contributed by atoms with van der Waals surface area (Å²) in [5, 5.41) is 9.57. The van der Waals surface area contributed by atoms with Gasteiger partial charge in [-0.3, -0.25) is 14.7 Å². The number of hydrogen-bond acceptors (Lipinski definition) is 8. The van der Waals surface area contributed by atoms with E-state index < -0.39 is 35.6 Å². The van der Waals surface area contributed by atoms with E-state index >= 15 is 0 Å². The summed E-state index contributed by atoms with van der Waals surface area (Å²) in [7, 11) is 0. The van der Waals surface area contributed by atoms with Crippen molar-refractivity contribution in [3.8, 4) is 0 Å². The second kappa shape index (κ2) is 6.96. The van der Waals surface area contributed by atoms with Crippen LogP contribution in [-0.4, -0.2) is 44.3 Å². The van der Waals surface area contributed by atoms with Crippen molar-refractivity contribution in [2.24, 2.45) is 5.92 Å². The van der Waals surface area contributed by atoms with E-state index in [-0.39, 0.29) is 11.6 Å². The highest BCUT2D eigenvalue weighted by Gasteiger charge is 2.58. The minimum Gasteiger partial charge on any atom is -0.417 e. The van der Waals surface area contributed by atoms with Crippen molar-refractivity contribution in [2.45, 2.75) is 24.7 Å². The molecule has 5 rings (SSSR count). The van der Waals surface area contributed by atoms with Gasteiger partial charge in [0.25, 0.3) is 6.29 Å². The molecule has 0 radical (unpaired) electrons. The Bertz CT molecular complexity index is 1100. The molecule has 1 fully saturated rings.